The number of carbonyl (C=O) groups excluding carboxylic acids is 3. The summed E-state index contributed by atoms with van der Waals surface area (Å²) in [7, 11) is 0. The molecule has 0 saturated carbocycles. The Hall–Kier alpha value is -6.05. The number of rotatable bonds is 7. The molecule has 1 saturated heterocycles. The molecule has 14 heteroatoms. The number of primary amides is 1. The molecule has 4 aromatic heterocycles. The number of nitrogens with one attached hydrogen (secondary N) is 2. The Bertz CT molecular complexity index is 2090. The van der Waals surface area contributed by atoms with Crippen molar-refractivity contribution in [2.75, 3.05) is 11.9 Å². The van der Waals surface area contributed by atoms with Gasteiger partial charge < -0.3 is 20.9 Å². The van der Waals surface area contributed by atoms with Crippen LogP contribution in [0.3, 0.4) is 0 Å². The van der Waals surface area contributed by atoms with E-state index in [1.54, 1.807) is 61.1 Å². The quantitative estimate of drug-likeness (QED) is 0.249. The van der Waals surface area contributed by atoms with Crippen molar-refractivity contribution >= 4 is 45.3 Å². The molecule has 13 nitrogen and oxygen atoms in total. The summed E-state index contributed by atoms with van der Waals surface area (Å²) in [5, 5.41) is 16.1. The Morgan fingerprint density at radius 3 is 2.71 bits per heavy atom. The molecule has 2 aromatic carbocycles. The van der Waals surface area contributed by atoms with Gasteiger partial charge in [0.2, 0.25) is 11.8 Å². The van der Waals surface area contributed by atoms with Gasteiger partial charge in [0.1, 0.15) is 30.7 Å². The van der Waals surface area contributed by atoms with Crippen LogP contribution in [-0.2, 0) is 16.1 Å². The summed E-state index contributed by atoms with van der Waals surface area (Å²) in [5.74, 6) is -1.81. The first-order valence-electron chi connectivity index (χ1n) is 14.1. The Labute approximate surface area is 254 Å². The van der Waals surface area contributed by atoms with Crippen LogP contribution in [-0.4, -0.2) is 76.3 Å². The second-order valence-electron chi connectivity index (χ2n) is 10.7. The smallest absolute Gasteiger partial charge is 0.269 e. The first-order chi connectivity index (χ1) is 21.9. The molecule has 3 amide bonds. The monoisotopic (exact) mass is 604 g/mol. The average molecular weight is 605 g/mol. The molecule has 1 aliphatic rings. The number of alkyl halides is 1. The van der Waals surface area contributed by atoms with Crippen molar-refractivity contribution in [2.45, 2.75) is 25.2 Å². The predicted octanol–water partition coefficient (Wildman–Crippen LogP) is 3.11. The van der Waals surface area contributed by atoms with Gasteiger partial charge >= 0.3 is 0 Å². The number of aromatic nitrogens is 7. The number of anilines is 1. The standard InChI is InChI=1S/C31H25FN10O3/c32-20-12-25(31(45)39-21-3-1-2-18(10-21)27-22-7-8-34-30(22)36-16-35-27)41(14-20)26(43)15-42-24-5-4-17(19-6-9-37-38-13-19)11-23(24)28(40-42)29(33)44/h1-11,13,16,20,25H,12,14-15H2,(H2,33,44)(H,39,45)(H,34,35,36). The van der Waals surface area contributed by atoms with E-state index in [4.69, 9.17) is 5.73 Å². The van der Waals surface area contributed by atoms with E-state index in [2.05, 4.69) is 35.6 Å². The van der Waals surface area contributed by atoms with E-state index in [1.807, 2.05) is 12.1 Å². The van der Waals surface area contributed by atoms with Crippen molar-refractivity contribution in [3.8, 4) is 22.4 Å². The van der Waals surface area contributed by atoms with Gasteiger partial charge in [0, 0.05) is 40.2 Å². The molecule has 6 aromatic rings. The highest BCUT2D eigenvalue weighted by molar-refractivity contribution is 6.05. The zero-order chi connectivity index (χ0) is 31.1. The van der Waals surface area contributed by atoms with Crippen LogP contribution >= 0.6 is 0 Å². The molecule has 7 rings (SSSR count). The van der Waals surface area contributed by atoms with Crippen LogP contribution < -0.4 is 11.1 Å². The van der Waals surface area contributed by atoms with Crippen LogP contribution in [0.2, 0.25) is 0 Å². The first-order valence-corrected chi connectivity index (χ1v) is 14.1. The van der Waals surface area contributed by atoms with Gasteiger partial charge in [-0.2, -0.15) is 15.3 Å². The molecule has 0 bridgehead atoms. The van der Waals surface area contributed by atoms with Gasteiger partial charge in [-0.05, 0) is 42.0 Å². The van der Waals surface area contributed by atoms with Gasteiger partial charge in [-0.25, -0.2) is 14.4 Å². The fourth-order valence-corrected chi connectivity index (χ4v) is 5.72. The van der Waals surface area contributed by atoms with Crippen molar-refractivity contribution in [1.29, 1.82) is 0 Å². The van der Waals surface area contributed by atoms with Gasteiger partial charge in [-0.3, -0.25) is 19.1 Å². The lowest BCUT2D eigenvalue weighted by Gasteiger charge is -2.24. The zero-order valence-electron chi connectivity index (χ0n) is 23.6. The van der Waals surface area contributed by atoms with Gasteiger partial charge in [0.05, 0.1) is 30.1 Å². The maximum Gasteiger partial charge on any atom is 0.269 e. The van der Waals surface area contributed by atoms with Crippen molar-refractivity contribution in [3.63, 3.8) is 0 Å². The van der Waals surface area contributed by atoms with E-state index >= 15 is 0 Å². The molecule has 5 heterocycles. The van der Waals surface area contributed by atoms with Gasteiger partial charge in [-0.15, -0.1) is 0 Å². The second kappa shape index (κ2) is 11.2. The molecule has 2 unspecified atom stereocenters. The number of benzene rings is 2. The number of nitrogens with zero attached hydrogens (tertiary/aromatic N) is 7. The van der Waals surface area contributed by atoms with E-state index in [1.165, 1.54) is 15.9 Å². The van der Waals surface area contributed by atoms with E-state index in [9.17, 15) is 18.8 Å². The Balaban J connectivity index is 1.12. The van der Waals surface area contributed by atoms with Crippen molar-refractivity contribution < 1.29 is 18.8 Å². The van der Waals surface area contributed by atoms with E-state index in [0.29, 0.717) is 27.9 Å². The Morgan fingerprint density at radius 1 is 1.00 bits per heavy atom. The minimum atomic E-state index is -1.38. The van der Waals surface area contributed by atoms with Crippen LogP contribution in [0.5, 0.6) is 0 Å². The summed E-state index contributed by atoms with van der Waals surface area (Å²) in [4.78, 5) is 52.1. The topological polar surface area (TPSA) is 178 Å². The third-order valence-corrected chi connectivity index (χ3v) is 7.82. The number of fused-ring (bicyclic) bond motifs is 2. The number of hydrogen-bond donors (Lipinski definition) is 3. The molecule has 2 atom stereocenters. The van der Waals surface area contributed by atoms with E-state index in [-0.39, 0.29) is 25.2 Å². The summed E-state index contributed by atoms with van der Waals surface area (Å²) in [6.07, 6.45) is 4.82. The fraction of sp³-hybridized carbons (Fsp3) is 0.161. The molecule has 1 aliphatic heterocycles. The van der Waals surface area contributed by atoms with Crippen molar-refractivity contribution in [2.24, 2.45) is 5.73 Å². The number of halogens is 1. The Kier molecular flexibility index (Phi) is 6.92. The van der Waals surface area contributed by atoms with Crippen LogP contribution in [0.15, 0.2) is 79.5 Å². The minimum absolute atomic E-state index is 0.0127. The van der Waals surface area contributed by atoms with Gasteiger partial charge in [0.25, 0.3) is 5.91 Å². The number of likely N-dealkylation sites (tertiary alicyclic amines) is 1. The first kappa shape index (κ1) is 27.8. The number of amides is 3. The average Bonchev–Trinajstić information content (AvgIpc) is 3.78. The van der Waals surface area contributed by atoms with Crippen molar-refractivity contribution in [3.05, 3.63) is 85.2 Å². The fourth-order valence-electron chi connectivity index (χ4n) is 5.72. The molecule has 0 spiro atoms. The van der Waals surface area contributed by atoms with E-state index < -0.39 is 29.9 Å². The summed E-state index contributed by atoms with van der Waals surface area (Å²) < 4.78 is 16.1. The molecular formula is C31H25FN10O3. The summed E-state index contributed by atoms with van der Waals surface area (Å²) in [5.41, 5.74) is 10.2. The SMILES string of the molecule is NC(=O)c1nn(CC(=O)N2CC(F)CC2C(=O)Nc2cccc(-c3ncnc4[nH]ccc34)c2)c2ccc(-c3ccnnc3)cc12. The number of H-pyrrole nitrogens is 1. The molecule has 1 fully saturated rings. The lowest BCUT2D eigenvalue weighted by atomic mass is 10.0. The van der Waals surface area contributed by atoms with Gasteiger partial charge in [0.15, 0.2) is 5.69 Å². The van der Waals surface area contributed by atoms with E-state index in [0.717, 1.165) is 22.1 Å². The molecular weight excluding hydrogens is 579 g/mol. The third-order valence-electron chi connectivity index (χ3n) is 7.82. The molecule has 0 radical (unpaired) electrons. The lowest BCUT2D eigenvalue weighted by Crippen LogP contribution is -2.44. The van der Waals surface area contributed by atoms with Crippen LogP contribution in [0.4, 0.5) is 10.1 Å². The maximum absolute atomic E-state index is 14.7. The molecule has 4 N–H and O–H groups in total. The molecule has 45 heavy (non-hydrogen) atoms. The molecule has 224 valence electrons. The van der Waals surface area contributed by atoms with Crippen LogP contribution in [0.25, 0.3) is 44.3 Å². The summed E-state index contributed by atoms with van der Waals surface area (Å²) in [6, 6.07) is 15.0. The highest BCUT2D eigenvalue weighted by atomic mass is 19.1. The highest BCUT2D eigenvalue weighted by Gasteiger charge is 2.40. The molecule has 0 aliphatic carbocycles. The predicted molar refractivity (Wildman–Crippen MR) is 162 cm³/mol. The zero-order valence-corrected chi connectivity index (χ0v) is 23.6. The summed E-state index contributed by atoms with van der Waals surface area (Å²) in [6.45, 7) is -0.573. The third kappa shape index (κ3) is 5.22. The van der Waals surface area contributed by atoms with Crippen LogP contribution in [0, 0.1) is 0 Å². The minimum Gasteiger partial charge on any atom is -0.364 e. The maximum atomic E-state index is 14.7. The number of carbonyl (C=O) groups is 3. The van der Waals surface area contributed by atoms with Crippen LogP contribution in [0.1, 0.15) is 16.9 Å². The largest absolute Gasteiger partial charge is 0.364 e. The summed E-state index contributed by atoms with van der Waals surface area (Å²) >= 11 is 0. The van der Waals surface area contributed by atoms with Gasteiger partial charge in [-0.1, -0.05) is 18.2 Å². The van der Waals surface area contributed by atoms with Crippen molar-refractivity contribution in [1.82, 2.24) is 39.8 Å². The lowest BCUT2D eigenvalue weighted by molar-refractivity contribution is -0.137. The number of nitrogens with two attached hydrogens (primary N) is 1. The number of hydrogen-bond acceptors (Lipinski definition) is 8. The highest BCUT2D eigenvalue weighted by Crippen LogP contribution is 2.29. The number of aromatic amines is 1. The Morgan fingerprint density at radius 2 is 1.89 bits per heavy atom. The normalized spacial score (nSPS) is 16.3. The second-order valence-corrected chi connectivity index (χ2v) is 10.7.